The lowest BCUT2D eigenvalue weighted by Crippen LogP contribution is -2.30. The van der Waals surface area contributed by atoms with Gasteiger partial charge in [0.1, 0.15) is 5.75 Å². The van der Waals surface area contributed by atoms with E-state index in [9.17, 15) is 0 Å². The maximum atomic E-state index is 5.85. The number of ether oxygens (including phenoxy) is 4. The van der Waals surface area contributed by atoms with Crippen molar-refractivity contribution < 1.29 is 18.9 Å². The number of nitrogens with one attached hydrogen (secondary N) is 1. The fraction of sp³-hybridized carbons (Fsp3) is 0.625. The Bertz CT molecular complexity index is 419. The zero-order valence-electron chi connectivity index (χ0n) is 13.1. The summed E-state index contributed by atoms with van der Waals surface area (Å²) in [5.41, 5.74) is 0. The van der Waals surface area contributed by atoms with E-state index >= 15 is 0 Å². The van der Waals surface area contributed by atoms with Gasteiger partial charge < -0.3 is 24.3 Å². The van der Waals surface area contributed by atoms with Crippen LogP contribution in [0.5, 0.6) is 23.0 Å². The van der Waals surface area contributed by atoms with Crippen molar-refractivity contribution in [2.75, 3.05) is 41.0 Å². The minimum atomic E-state index is 0.587. The minimum absolute atomic E-state index is 0.587. The van der Waals surface area contributed by atoms with E-state index in [2.05, 4.69) is 5.32 Å². The maximum Gasteiger partial charge on any atom is 0.203 e. The monoisotopic (exact) mass is 295 g/mol. The smallest absolute Gasteiger partial charge is 0.203 e. The van der Waals surface area contributed by atoms with Gasteiger partial charge in [-0.3, -0.25) is 0 Å². The Morgan fingerprint density at radius 3 is 2.33 bits per heavy atom. The Kier molecular flexibility index (Phi) is 5.99. The number of piperidine rings is 1. The lowest BCUT2D eigenvalue weighted by atomic mass is 9.97. The van der Waals surface area contributed by atoms with Crippen molar-refractivity contribution in [1.29, 1.82) is 0 Å². The summed E-state index contributed by atoms with van der Waals surface area (Å²) in [7, 11) is 4.81. The third-order valence-corrected chi connectivity index (χ3v) is 3.83. The summed E-state index contributed by atoms with van der Waals surface area (Å²) in [6.07, 6.45) is 3.60. The Morgan fingerprint density at radius 1 is 1.10 bits per heavy atom. The molecule has 0 bridgehead atoms. The second-order valence-corrected chi connectivity index (χ2v) is 5.21. The van der Waals surface area contributed by atoms with Crippen molar-refractivity contribution in [3.63, 3.8) is 0 Å². The molecule has 0 spiro atoms. The van der Waals surface area contributed by atoms with Gasteiger partial charge >= 0.3 is 0 Å². The molecule has 1 unspecified atom stereocenters. The summed E-state index contributed by atoms with van der Waals surface area (Å²) in [6, 6.07) is 3.67. The Labute approximate surface area is 126 Å². The van der Waals surface area contributed by atoms with E-state index < -0.39 is 0 Å². The van der Waals surface area contributed by atoms with Crippen molar-refractivity contribution in [2.45, 2.75) is 19.3 Å². The summed E-state index contributed by atoms with van der Waals surface area (Å²) in [5.74, 6) is 3.27. The zero-order valence-corrected chi connectivity index (χ0v) is 13.1. The van der Waals surface area contributed by atoms with Crippen LogP contribution < -0.4 is 24.3 Å². The van der Waals surface area contributed by atoms with Gasteiger partial charge in [-0.15, -0.1) is 0 Å². The molecule has 1 aliphatic heterocycles. The third-order valence-electron chi connectivity index (χ3n) is 3.83. The van der Waals surface area contributed by atoms with Gasteiger partial charge in [0, 0.05) is 12.1 Å². The quantitative estimate of drug-likeness (QED) is 0.837. The molecule has 1 saturated heterocycles. The molecular formula is C16H25NO4. The molecular weight excluding hydrogens is 270 g/mol. The van der Waals surface area contributed by atoms with E-state index in [1.165, 1.54) is 12.8 Å². The lowest BCUT2D eigenvalue weighted by molar-refractivity contribution is 0.250. The van der Waals surface area contributed by atoms with Crippen LogP contribution in [0.4, 0.5) is 0 Å². The first-order valence-corrected chi connectivity index (χ1v) is 7.42. The molecule has 0 aromatic heterocycles. The number of methoxy groups -OCH3 is 3. The highest BCUT2D eigenvalue weighted by Gasteiger charge is 2.15. The molecule has 2 rings (SSSR count). The predicted octanol–water partition coefficient (Wildman–Crippen LogP) is 2.48. The molecule has 0 saturated carbocycles. The van der Waals surface area contributed by atoms with E-state index in [-0.39, 0.29) is 0 Å². The second-order valence-electron chi connectivity index (χ2n) is 5.21. The van der Waals surface area contributed by atoms with Gasteiger partial charge in [0.05, 0.1) is 27.9 Å². The third kappa shape index (κ3) is 4.17. The molecule has 1 aliphatic rings. The highest BCUT2D eigenvalue weighted by molar-refractivity contribution is 5.55. The Balaban J connectivity index is 1.95. The van der Waals surface area contributed by atoms with E-state index in [0.717, 1.165) is 25.3 Å². The van der Waals surface area contributed by atoms with Gasteiger partial charge in [-0.2, -0.15) is 0 Å². The largest absolute Gasteiger partial charge is 0.493 e. The average Bonchev–Trinajstić information content (AvgIpc) is 2.54. The fourth-order valence-electron chi connectivity index (χ4n) is 2.65. The summed E-state index contributed by atoms with van der Waals surface area (Å²) in [4.78, 5) is 0. The average molecular weight is 295 g/mol. The summed E-state index contributed by atoms with van der Waals surface area (Å²) >= 11 is 0. The highest BCUT2D eigenvalue weighted by atomic mass is 16.5. The minimum Gasteiger partial charge on any atom is -0.493 e. The van der Waals surface area contributed by atoms with Crippen LogP contribution in [0.3, 0.4) is 0 Å². The Hall–Kier alpha value is -1.62. The molecule has 5 nitrogen and oxygen atoms in total. The van der Waals surface area contributed by atoms with E-state index in [0.29, 0.717) is 29.8 Å². The summed E-state index contributed by atoms with van der Waals surface area (Å²) in [5, 5.41) is 3.42. The fourth-order valence-corrected chi connectivity index (χ4v) is 2.65. The van der Waals surface area contributed by atoms with Gasteiger partial charge in [-0.1, -0.05) is 0 Å². The molecule has 118 valence electrons. The molecule has 1 heterocycles. The Morgan fingerprint density at radius 2 is 1.81 bits per heavy atom. The number of hydrogen-bond acceptors (Lipinski definition) is 5. The SMILES string of the molecule is COc1cc(OCCC2CCCNC2)cc(OC)c1OC. The van der Waals surface area contributed by atoms with Crippen LogP contribution in [0.1, 0.15) is 19.3 Å². The van der Waals surface area contributed by atoms with Crippen molar-refractivity contribution in [2.24, 2.45) is 5.92 Å². The van der Waals surface area contributed by atoms with Crippen LogP contribution in [-0.4, -0.2) is 41.0 Å². The molecule has 1 aromatic rings. The predicted molar refractivity (Wildman–Crippen MR) is 81.8 cm³/mol. The van der Waals surface area contributed by atoms with Gasteiger partial charge in [0.25, 0.3) is 0 Å². The maximum absolute atomic E-state index is 5.85. The van der Waals surface area contributed by atoms with Crippen LogP contribution in [-0.2, 0) is 0 Å². The summed E-state index contributed by atoms with van der Waals surface area (Å²) < 4.78 is 21.8. The molecule has 1 N–H and O–H groups in total. The first kappa shape index (κ1) is 15.8. The molecule has 0 aliphatic carbocycles. The second kappa shape index (κ2) is 7.98. The van der Waals surface area contributed by atoms with E-state index in [1.807, 2.05) is 12.1 Å². The molecule has 1 atom stereocenters. The van der Waals surface area contributed by atoms with Crippen molar-refractivity contribution >= 4 is 0 Å². The first-order chi connectivity index (χ1) is 10.3. The van der Waals surface area contributed by atoms with Gasteiger partial charge in [-0.05, 0) is 38.3 Å². The lowest BCUT2D eigenvalue weighted by Gasteiger charge is -2.22. The van der Waals surface area contributed by atoms with Crippen LogP contribution in [0.25, 0.3) is 0 Å². The summed E-state index contributed by atoms with van der Waals surface area (Å²) in [6.45, 7) is 2.94. The van der Waals surface area contributed by atoms with E-state index in [1.54, 1.807) is 21.3 Å². The van der Waals surface area contributed by atoms with Crippen molar-refractivity contribution in [1.82, 2.24) is 5.32 Å². The molecule has 21 heavy (non-hydrogen) atoms. The van der Waals surface area contributed by atoms with E-state index in [4.69, 9.17) is 18.9 Å². The zero-order chi connectivity index (χ0) is 15.1. The standard InChI is InChI=1S/C16H25NO4/c1-18-14-9-13(10-15(19-2)16(14)20-3)21-8-6-12-5-4-7-17-11-12/h9-10,12,17H,4-8,11H2,1-3H3. The molecule has 0 radical (unpaired) electrons. The van der Waals surface area contributed by atoms with Crippen LogP contribution in [0.2, 0.25) is 0 Å². The van der Waals surface area contributed by atoms with Gasteiger partial charge in [0.2, 0.25) is 5.75 Å². The normalized spacial score (nSPS) is 18.1. The van der Waals surface area contributed by atoms with Gasteiger partial charge in [-0.25, -0.2) is 0 Å². The molecule has 1 aromatic carbocycles. The number of rotatable bonds is 7. The van der Waals surface area contributed by atoms with Crippen molar-refractivity contribution in [3.8, 4) is 23.0 Å². The number of hydrogen-bond donors (Lipinski definition) is 1. The van der Waals surface area contributed by atoms with Crippen LogP contribution >= 0.6 is 0 Å². The van der Waals surface area contributed by atoms with Crippen molar-refractivity contribution in [3.05, 3.63) is 12.1 Å². The number of benzene rings is 1. The van der Waals surface area contributed by atoms with Gasteiger partial charge in [0.15, 0.2) is 11.5 Å². The highest BCUT2D eigenvalue weighted by Crippen LogP contribution is 2.40. The molecule has 1 fully saturated rings. The topological polar surface area (TPSA) is 49.0 Å². The van der Waals surface area contributed by atoms with Crippen LogP contribution in [0.15, 0.2) is 12.1 Å². The molecule has 5 heteroatoms. The van der Waals surface area contributed by atoms with Crippen LogP contribution in [0, 0.1) is 5.92 Å². The first-order valence-electron chi connectivity index (χ1n) is 7.42. The molecule has 0 amide bonds.